The zero-order chi connectivity index (χ0) is 47.4. The summed E-state index contributed by atoms with van der Waals surface area (Å²) in [5, 5.41) is 0. The highest BCUT2D eigenvalue weighted by Crippen LogP contribution is 2.70. The standard InChI is InChI=1S/C66H116Si2/c1-40(2)58-39-62-51(25-17-31-57(62)66(58)68(10,11)65-45(7)38-61-53(27-19-30-56(61)65)49-23-15-13-21-42(49)4)47-34-32-46(33-35-47)50-24-16-28-54-59(50)36-43(5)63(54)67(8,9)64-44(6)37-60-52(26-18-29-55(60)64)48-22-14-12-20-41(48)3/h40-66H,12-39H2,1-11H3. The van der Waals surface area contributed by atoms with E-state index in [1.54, 1.807) is 141 Å². The zero-order valence-electron chi connectivity index (χ0n) is 47.4. The van der Waals surface area contributed by atoms with Gasteiger partial charge in [-0.1, -0.05) is 165 Å². The van der Waals surface area contributed by atoms with E-state index < -0.39 is 16.1 Å². The lowest BCUT2D eigenvalue weighted by Crippen LogP contribution is -2.48. The molecule has 0 N–H and O–H groups in total. The Morgan fingerprint density at radius 1 is 0.265 bits per heavy atom. The van der Waals surface area contributed by atoms with Crippen LogP contribution in [0.2, 0.25) is 48.4 Å². The smallest absolute Gasteiger partial charge is 0.0547 e. The number of hydrogen-bond donors (Lipinski definition) is 0. The van der Waals surface area contributed by atoms with Gasteiger partial charge < -0.3 is 0 Å². The van der Waals surface area contributed by atoms with Crippen molar-refractivity contribution < 1.29 is 0 Å². The molecule has 0 amide bonds. The molecule has 0 aromatic rings. The van der Waals surface area contributed by atoms with Crippen LogP contribution >= 0.6 is 0 Å². The molecule has 11 aliphatic rings. The molecule has 11 saturated carbocycles. The Morgan fingerprint density at radius 3 is 0.941 bits per heavy atom. The molecule has 0 heterocycles. The maximum absolute atomic E-state index is 3.05. The van der Waals surface area contributed by atoms with Gasteiger partial charge in [-0.3, -0.25) is 0 Å². The second kappa shape index (κ2) is 20.2. The average Bonchev–Trinajstić information content (AvgIpc) is 4.08. The van der Waals surface area contributed by atoms with Gasteiger partial charge in [-0.15, -0.1) is 0 Å². The minimum atomic E-state index is -1.52. The van der Waals surface area contributed by atoms with Crippen molar-refractivity contribution in [3.8, 4) is 0 Å². The van der Waals surface area contributed by atoms with E-state index in [0.29, 0.717) is 0 Å². The van der Waals surface area contributed by atoms with Gasteiger partial charge in [0, 0.05) is 0 Å². The fourth-order valence-corrected chi connectivity index (χ4v) is 40.0. The second-order valence-electron chi connectivity index (χ2n) is 31.7. The summed E-state index contributed by atoms with van der Waals surface area (Å²) in [6.45, 7) is 31.3. The molecule has 68 heavy (non-hydrogen) atoms. The molecule has 0 saturated heterocycles. The first-order chi connectivity index (χ1) is 32.7. The molecule has 0 spiro atoms. The lowest BCUT2D eigenvalue weighted by atomic mass is 9.60. The summed E-state index contributed by atoms with van der Waals surface area (Å²) in [6.07, 6.45) is 44.4. The van der Waals surface area contributed by atoms with Crippen molar-refractivity contribution in [3.63, 3.8) is 0 Å². The topological polar surface area (TPSA) is 0 Å². The molecule has 0 bridgehead atoms. The van der Waals surface area contributed by atoms with Crippen LogP contribution in [0.25, 0.3) is 0 Å². The van der Waals surface area contributed by atoms with Crippen LogP contribution in [0.15, 0.2) is 0 Å². The van der Waals surface area contributed by atoms with Gasteiger partial charge in [-0.05, 0) is 248 Å². The molecule has 388 valence electrons. The van der Waals surface area contributed by atoms with Crippen molar-refractivity contribution in [1.29, 1.82) is 0 Å². The highest BCUT2D eigenvalue weighted by Gasteiger charge is 2.63. The molecular formula is C66H116Si2. The van der Waals surface area contributed by atoms with Gasteiger partial charge in [0.05, 0.1) is 16.1 Å². The minimum Gasteiger partial charge on any atom is -0.0689 e. The maximum Gasteiger partial charge on any atom is 0.0547 e. The lowest BCUT2D eigenvalue weighted by molar-refractivity contribution is 0.0471. The second-order valence-corrected chi connectivity index (χ2v) is 41.7. The summed E-state index contributed by atoms with van der Waals surface area (Å²) in [6, 6.07) is 0. The normalized spacial score (nSPS) is 53.5. The van der Waals surface area contributed by atoms with E-state index in [9.17, 15) is 0 Å². The predicted molar refractivity (Wildman–Crippen MR) is 299 cm³/mol. The first-order valence-corrected chi connectivity index (χ1v) is 39.0. The summed E-state index contributed by atoms with van der Waals surface area (Å²) in [5.74, 6) is 24.2. The maximum atomic E-state index is 3.05. The molecule has 2 heteroatoms. The van der Waals surface area contributed by atoms with Crippen molar-refractivity contribution in [1.82, 2.24) is 0 Å². The Balaban J connectivity index is 0.751. The molecule has 0 aliphatic heterocycles. The SMILES string of the molecule is CC(C)C1CC2C(C3CCC(C4CCCC5C4CC(C)C5[Si](C)(C)C4C(C)CC5C(C6CCCCC6C)CCCC54)CC3)CCCC2C1[Si](C)(C)C1C(C)CC2C(C3CCCCC3C)CCCC21. The van der Waals surface area contributed by atoms with Crippen LogP contribution in [0.4, 0.5) is 0 Å². The first kappa shape index (κ1) is 50.6. The Kier molecular flexibility index (Phi) is 15.0. The van der Waals surface area contributed by atoms with Crippen LogP contribution in [0.3, 0.4) is 0 Å². The van der Waals surface area contributed by atoms with Gasteiger partial charge in [-0.25, -0.2) is 0 Å². The van der Waals surface area contributed by atoms with Crippen LogP contribution in [0, 0.1) is 136 Å². The van der Waals surface area contributed by atoms with Crippen molar-refractivity contribution in [2.75, 3.05) is 0 Å². The fraction of sp³-hybridized carbons (Fsp3) is 1.00. The summed E-state index contributed by atoms with van der Waals surface area (Å²) < 4.78 is 0. The van der Waals surface area contributed by atoms with Crippen molar-refractivity contribution in [2.45, 2.75) is 277 Å². The van der Waals surface area contributed by atoms with Crippen LogP contribution in [0.1, 0.15) is 228 Å². The van der Waals surface area contributed by atoms with E-state index in [1.807, 2.05) is 0 Å². The number of fused-ring (bicyclic) bond motifs is 4. The third-order valence-corrected chi connectivity index (χ3v) is 38.8. The largest absolute Gasteiger partial charge is 0.0689 e. The van der Waals surface area contributed by atoms with E-state index in [2.05, 4.69) is 74.7 Å². The molecule has 11 aliphatic carbocycles. The number of rotatable bonds is 9. The highest BCUT2D eigenvalue weighted by molar-refractivity contribution is 6.81. The molecule has 0 aromatic heterocycles. The van der Waals surface area contributed by atoms with E-state index in [0.717, 1.165) is 158 Å². The fourth-order valence-electron chi connectivity index (χ4n) is 26.6. The minimum absolute atomic E-state index is 0.886. The zero-order valence-corrected chi connectivity index (χ0v) is 49.4. The summed E-state index contributed by atoms with van der Waals surface area (Å²) >= 11 is 0. The van der Waals surface area contributed by atoms with Crippen LogP contribution in [-0.2, 0) is 0 Å². The Morgan fingerprint density at radius 2 is 0.559 bits per heavy atom. The van der Waals surface area contributed by atoms with Gasteiger partial charge in [0.1, 0.15) is 0 Å². The summed E-state index contributed by atoms with van der Waals surface area (Å²) in [4.78, 5) is 0. The molecule has 11 fully saturated rings. The van der Waals surface area contributed by atoms with Gasteiger partial charge in [0.25, 0.3) is 0 Å². The lowest BCUT2D eigenvalue weighted by Gasteiger charge is -2.51. The van der Waals surface area contributed by atoms with Crippen LogP contribution in [0.5, 0.6) is 0 Å². The molecule has 24 unspecified atom stereocenters. The average molecular weight is 966 g/mol. The third-order valence-electron chi connectivity index (χ3n) is 28.1. The monoisotopic (exact) mass is 965 g/mol. The Hall–Kier alpha value is 0.434. The predicted octanol–water partition coefficient (Wildman–Crippen LogP) is 20.3. The van der Waals surface area contributed by atoms with E-state index in [4.69, 9.17) is 0 Å². The van der Waals surface area contributed by atoms with Crippen molar-refractivity contribution in [3.05, 3.63) is 0 Å². The van der Waals surface area contributed by atoms with E-state index in [-0.39, 0.29) is 0 Å². The van der Waals surface area contributed by atoms with Crippen LogP contribution < -0.4 is 0 Å². The summed E-state index contributed by atoms with van der Waals surface area (Å²) in [5.41, 5.74) is 4.44. The number of hydrogen-bond acceptors (Lipinski definition) is 0. The molecule has 0 radical (unpaired) electrons. The molecular weight excluding hydrogens is 849 g/mol. The van der Waals surface area contributed by atoms with Gasteiger partial charge in [-0.2, -0.15) is 0 Å². The van der Waals surface area contributed by atoms with Gasteiger partial charge >= 0.3 is 0 Å². The first-order valence-electron chi connectivity index (χ1n) is 32.7. The highest BCUT2D eigenvalue weighted by atomic mass is 28.3. The third kappa shape index (κ3) is 8.74. The van der Waals surface area contributed by atoms with Gasteiger partial charge in [0.15, 0.2) is 0 Å². The summed E-state index contributed by atoms with van der Waals surface area (Å²) in [7, 11) is -2.99. The van der Waals surface area contributed by atoms with Crippen molar-refractivity contribution >= 4 is 16.1 Å². The molecule has 0 aromatic carbocycles. The molecule has 0 nitrogen and oxygen atoms in total. The molecule has 24 atom stereocenters. The van der Waals surface area contributed by atoms with Crippen molar-refractivity contribution in [2.24, 2.45) is 136 Å². The molecule has 11 rings (SSSR count). The Labute approximate surface area is 426 Å². The Bertz CT molecular complexity index is 1670. The van der Waals surface area contributed by atoms with Crippen LogP contribution in [-0.4, -0.2) is 16.1 Å². The van der Waals surface area contributed by atoms with Gasteiger partial charge in [0.2, 0.25) is 0 Å². The van der Waals surface area contributed by atoms with E-state index in [1.165, 1.54) is 38.5 Å². The quantitative estimate of drug-likeness (QED) is 0.202. The van der Waals surface area contributed by atoms with E-state index >= 15 is 0 Å².